The number of phosphoric ester groups is 1. The van der Waals surface area contributed by atoms with Crippen LogP contribution in [0.5, 0.6) is 5.75 Å². The second kappa shape index (κ2) is 12.5. The number of phosphoric acid groups is 1. The third-order valence-electron chi connectivity index (χ3n) is 5.08. The van der Waals surface area contributed by atoms with Crippen LogP contribution in [0.15, 0.2) is 41.9 Å². The van der Waals surface area contributed by atoms with Gasteiger partial charge in [-0.1, -0.05) is 18.2 Å². The molecule has 0 bridgehead atoms. The van der Waals surface area contributed by atoms with Crippen molar-refractivity contribution < 1.29 is 27.6 Å². The lowest BCUT2D eigenvalue weighted by molar-refractivity contribution is -0.00465. The first-order valence-corrected chi connectivity index (χ1v) is 13.9. The first kappa shape index (κ1) is 29.6. The van der Waals surface area contributed by atoms with Crippen molar-refractivity contribution in [3.05, 3.63) is 42.5 Å². The topological polar surface area (TPSA) is 75.6 Å². The summed E-state index contributed by atoms with van der Waals surface area (Å²) in [7, 11) is -3.84. The molecule has 1 aliphatic heterocycles. The Hall–Kier alpha value is -1.66. The lowest BCUT2D eigenvalue weighted by Gasteiger charge is -2.33. The first-order chi connectivity index (χ1) is 16.2. The van der Waals surface area contributed by atoms with Crippen LogP contribution in [0.25, 0.3) is 0 Å². The number of unbranched alkanes of at least 4 members (excludes halogenated alkanes) is 2. The van der Waals surface area contributed by atoms with Crippen molar-refractivity contribution in [2.75, 3.05) is 19.8 Å². The molecule has 1 aliphatic rings. The lowest BCUT2D eigenvalue weighted by Crippen LogP contribution is -2.36. The molecule has 1 atom stereocenters. The van der Waals surface area contributed by atoms with E-state index in [1.807, 2.05) is 66.7 Å². The van der Waals surface area contributed by atoms with E-state index in [-0.39, 0.29) is 6.61 Å². The standard InChI is InChI=1S/C27H44NO6P/c1-9-10-11-12-19-30-24-15-13-23(14-16-24)17-18-27(20-31-22(2)28-27)21-32-35(29,33-25(3,4)5)34-26(6,7)8/h9,13-16H,1,10-12,17-21H2,2-8H3. The predicted octanol–water partition coefficient (Wildman–Crippen LogP) is 7.30. The summed E-state index contributed by atoms with van der Waals surface area (Å²) in [4.78, 5) is 4.72. The van der Waals surface area contributed by atoms with Crippen molar-refractivity contribution in [3.63, 3.8) is 0 Å². The van der Waals surface area contributed by atoms with Gasteiger partial charge in [0.25, 0.3) is 0 Å². The maximum absolute atomic E-state index is 13.5. The van der Waals surface area contributed by atoms with E-state index in [0.717, 1.165) is 37.0 Å². The van der Waals surface area contributed by atoms with Gasteiger partial charge in [-0.05, 0) is 91.3 Å². The van der Waals surface area contributed by atoms with Gasteiger partial charge in [0.05, 0.1) is 24.4 Å². The summed E-state index contributed by atoms with van der Waals surface area (Å²) in [6.45, 7) is 17.6. The minimum atomic E-state index is -3.84. The van der Waals surface area contributed by atoms with Crippen LogP contribution >= 0.6 is 7.82 Å². The summed E-state index contributed by atoms with van der Waals surface area (Å²) in [5, 5.41) is 0. The van der Waals surface area contributed by atoms with Crippen molar-refractivity contribution in [1.82, 2.24) is 0 Å². The second-order valence-electron chi connectivity index (χ2n) is 11.0. The van der Waals surface area contributed by atoms with E-state index in [2.05, 4.69) is 18.7 Å². The van der Waals surface area contributed by atoms with E-state index in [4.69, 9.17) is 28.0 Å². The first-order valence-electron chi connectivity index (χ1n) is 12.4. The van der Waals surface area contributed by atoms with Gasteiger partial charge >= 0.3 is 7.82 Å². The zero-order valence-electron chi connectivity index (χ0n) is 22.6. The highest BCUT2D eigenvalue weighted by molar-refractivity contribution is 7.48. The molecule has 0 fully saturated rings. The highest BCUT2D eigenvalue weighted by atomic mass is 31.2. The number of allylic oxidation sites excluding steroid dienone is 1. The Morgan fingerprint density at radius 1 is 1.09 bits per heavy atom. The number of ether oxygens (including phenoxy) is 2. The Kier molecular flexibility index (Phi) is 10.6. The smallest absolute Gasteiger partial charge is 0.475 e. The fourth-order valence-electron chi connectivity index (χ4n) is 3.56. The average Bonchev–Trinajstić information content (AvgIpc) is 3.10. The molecule has 0 aromatic heterocycles. The van der Waals surface area contributed by atoms with Crippen molar-refractivity contribution in [3.8, 4) is 5.75 Å². The van der Waals surface area contributed by atoms with Crippen LogP contribution in [0.4, 0.5) is 0 Å². The molecule has 1 aromatic carbocycles. The van der Waals surface area contributed by atoms with Crippen LogP contribution in [0.2, 0.25) is 0 Å². The van der Waals surface area contributed by atoms with Gasteiger partial charge in [0.1, 0.15) is 17.9 Å². The van der Waals surface area contributed by atoms with E-state index in [1.54, 1.807) is 0 Å². The van der Waals surface area contributed by atoms with Crippen molar-refractivity contribution in [2.45, 2.75) is 97.3 Å². The van der Waals surface area contributed by atoms with Crippen LogP contribution in [0.3, 0.4) is 0 Å². The molecule has 2 rings (SSSR count). The summed E-state index contributed by atoms with van der Waals surface area (Å²) in [6, 6.07) is 8.12. The Bertz CT molecular complexity index is 864. The lowest BCUT2D eigenvalue weighted by atomic mass is 9.94. The SMILES string of the molecule is C=CCCCCOc1ccc(CCC2(COP(=O)(OC(C)(C)C)OC(C)(C)C)COC(C)=N2)cc1. The van der Waals surface area contributed by atoms with Gasteiger partial charge in [-0.25, -0.2) is 9.56 Å². The molecule has 0 radical (unpaired) electrons. The molecular weight excluding hydrogens is 465 g/mol. The summed E-state index contributed by atoms with van der Waals surface area (Å²) < 4.78 is 42.4. The number of benzene rings is 1. The monoisotopic (exact) mass is 509 g/mol. The normalized spacial score (nSPS) is 18.8. The van der Waals surface area contributed by atoms with Gasteiger partial charge in [0.2, 0.25) is 0 Å². The quantitative estimate of drug-likeness (QED) is 0.149. The molecule has 0 saturated carbocycles. The minimum Gasteiger partial charge on any atom is -0.494 e. The predicted molar refractivity (Wildman–Crippen MR) is 141 cm³/mol. The summed E-state index contributed by atoms with van der Waals surface area (Å²) in [6.07, 6.45) is 6.46. The molecule has 8 heteroatoms. The van der Waals surface area contributed by atoms with Crippen LogP contribution in [-0.4, -0.2) is 42.5 Å². The van der Waals surface area contributed by atoms with E-state index in [9.17, 15) is 4.57 Å². The number of aryl methyl sites for hydroxylation is 1. The van der Waals surface area contributed by atoms with E-state index in [0.29, 0.717) is 25.5 Å². The van der Waals surface area contributed by atoms with Gasteiger partial charge in [-0.2, -0.15) is 0 Å². The molecule has 35 heavy (non-hydrogen) atoms. The van der Waals surface area contributed by atoms with E-state index >= 15 is 0 Å². The van der Waals surface area contributed by atoms with Crippen LogP contribution in [0, 0.1) is 0 Å². The average molecular weight is 510 g/mol. The van der Waals surface area contributed by atoms with Crippen LogP contribution < -0.4 is 4.74 Å². The molecule has 1 aromatic rings. The van der Waals surface area contributed by atoms with Crippen LogP contribution in [-0.2, 0) is 29.3 Å². The highest BCUT2D eigenvalue weighted by Crippen LogP contribution is 2.56. The van der Waals surface area contributed by atoms with Gasteiger partial charge in [0.15, 0.2) is 5.90 Å². The van der Waals surface area contributed by atoms with E-state index in [1.165, 1.54) is 0 Å². The molecule has 1 heterocycles. The van der Waals surface area contributed by atoms with Gasteiger partial charge in [0, 0.05) is 6.92 Å². The van der Waals surface area contributed by atoms with Crippen molar-refractivity contribution in [1.29, 1.82) is 0 Å². The Labute approximate surface area is 211 Å². The molecule has 1 unspecified atom stereocenters. The number of nitrogens with zero attached hydrogens (tertiary/aromatic N) is 1. The Balaban J connectivity index is 2.02. The molecule has 0 saturated heterocycles. The summed E-state index contributed by atoms with van der Waals surface area (Å²) in [5.74, 6) is 1.46. The Morgan fingerprint density at radius 2 is 1.71 bits per heavy atom. The largest absolute Gasteiger partial charge is 0.494 e. The Morgan fingerprint density at radius 3 is 2.23 bits per heavy atom. The van der Waals surface area contributed by atoms with Gasteiger partial charge < -0.3 is 9.47 Å². The van der Waals surface area contributed by atoms with Crippen LogP contribution in [0.1, 0.15) is 79.7 Å². The fourth-order valence-corrected chi connectivity index (χ4v) is 5.45. The number of rotatable bonds is 14. The van der Waals surface area contributed by atoms with Crippen molar-refractivity contribution in [2.24, 2.45) is 4.99 Å². The molecule has 0 amide bonds. The number of aliphatic imine (C=N–C) groups is 1. The minimum absolute atomic E-state index is 0.0691. The zero-order chi connectivity index (χ0) is 26.2. The number of hydrogen-bond donors (Lipinski definition) is 0. The maximum atomic E-state index is 13.5. The highest BCUT2D eigenvalue weighted by Gasteiger charge is 2.42. The van der Waals surface area contributed by atoms with Gasteiger partial charge in [-0.15, -0.1) is 6.58 Å². The molecular formula is C27H44NO6P. The molecule has 0 spiro atoms. The third-order valence-corrected chi connectivity index (χ3v) is 7.07. The third kappa shape index (κ3) is 11.3. The molecule has 7 nitrogen and oxygen atoms in total. The zero-order valence-corrected chi connectivity index (χ0v) is 23.5. The van der Waals surface area contributed by atoms with E-state index < -0.39 is 24.6 Å². The van der Waals surface area contributed by atoms with Crippen molar-refractivity contribution >= 4 is 13.7 Å². The second-order valence-corrected chi connectivity index (χ2v) is 12.6. The summed E-state index contributed by atoms with van der Waals surface area (Å²) in [5.41, 5.74) is -0.908. The molecule has 198 valence electrons. The maximum Gasteiger partial charge on any atom is 0.475 e. The molecule has 0 N–H and O–H groups in total. The fraction of sp³-hybridized carbons (Fsp3) is 0.667. The van der Waals surface area contributed by atoms with Gasteiger partial charge in [-0.3, -0.25) is 13.6 Å². The molecule has 0 aliphatic carbocycles. The summed E-state index contributed by atoms with van der Waals surface area (Å²) >= 11 is 0. The number of hydrogen-bond acceptors (Lipinski definition) is 7.